The maximum atomic E-state index is 5.54. The molecule has 1 unspecified atom stereocenters. The van der Waals surface area contributed by atoms with Crippen LogP contribution in [0.4, 0.5) is 0 Å². The summed E-state index contributed by atoms with van der Waals surface area (Å²) in [4.78, 5) is 8.70. The van der Waals surface area contributed by atoms with E-state index in [1.807, 2.05) is 30.0 Å². The number of rotatable bonds is 7. The van der Waals surface area contributed by atoms with Crippen LogP contribution in [-0.4, -0.2) is 60.0 Å². The lowest BCUT2D eigenvalue weighted by atomic mass is 10.2. The van der Waals surface area contributed by atoms with Gasteiger partial charge in [-0.15, -0.1) is 35.3 Å². The summed E-state index contributed by atoms with van der Waals surface area (Å²) in [5.41, 5.74) is 3.41. The zero-order valence-electron chi connectivity index (χ0n) is 17.8. The Morgan fingerprint density at radius 1 is 1.31 bits per heavy atom. The highest BCUT2D eigenvalue weighted by Crippen LogP contribution is 2.25. The number of thiophene rings is 1. The number of aliphatic imine (C=N–C) groups is 1. The van der Waals surface area contributed by atoms with Crippen molar-refractivity contribution in [1.82, 2.24) is 25.3 Å². The molecule has 1 atom stereocenters. The molecule has 3 rings (SSSR count). The van der Waals surface area contributed by atoms with Crippen LogP contribution >= 0.6 is 35.3 Å². The fourth-order valence-corrected chi connectivity index (χ4v) is 4.38. The Morgan fingerprint density at radius 3 is 2.66 bits per heavy atom. The number of aryl methyl sites for hydroxylation is 2. The first kappa shape index (κ1) is 24.1. The van der Waals surface area contributed by atoms with Crippen LogP contribution in [0.2, 0.25) is 0 Å². The van der Waals surface area contributed by atoms with E-state index < -0.39 is 0 Å². The van der Waals surface area contributed by atoms with Crippen molar-refractivity contribution >= 4 is 41.3 Å². The molecule has 0 aromatic carbocycles. The second-order valence-corrected chi connectivity index (χ2v) is 8.01. The Bertz CT molecular complexity index is 770. The standard InChI is InChI=1S/C20H32N6OS.HI/c1-5-21-20(22-13-17-15(2)24-25(4)16(17)3)23-14-18(19-7-6-12-28-19)26-8-10-27-11-9-26;/h6-7,12,18H,5,8-11,13-14H2,1-4H3,(H2,21,22,23);1H. The predicted octanol–water partition coefficient (Wildman–Crippen LogP) is 2.85. The van der Waals surface area contributed by atoms with E-state index in [-0.39, 0.29) is 24.0 Å². The SMILES string of the molecule is CCNC(=NCc1c(C)nn(C)c1C)NCC(c1cccs1)N1CCOCC1.I. The number of guanidine groups is 1. The molecule has 162 valence electrons. The Labute approximate surface area is 194 Å². The molecule has 1 aliphatic heterocycles. The minimum atomic E-state index is 0. The molecule has 1 fully saturated rings. The van der Waals surface area contributed by atoms with Gasteiger partial charge in [0.2, 0.25) is 0 Å². The third kappa shape index (κ3) is 6.40. The van der Waals surface area contributed by atoms with Crippen molar-refractivity contribution in [2.24, 2.45) is 12.0 Å². The quantitative estimate of drug-likeness (QED) is 0.326. The van der Waals surface area contributed by atoms with Crippen molar-refractivity contribution in [3.63, 3.8) is 0 Å². The number of morpholine rings is 1. The lowest BCUT2D eigenvalue weighted by molar-refractivity contribution is 0.0177. The zero-order valence-corrected chi connectivity index (χ0v) is 20.9. The first-order valence-electron chi connectivity index (χ1n) is 9.96. The van der Waals surface area contributed by atoms with Crippen molar-refractivity contribution < 1.29 is 4.74 Å². The molecule has 29 heavy (non-hydrogen) atoms. The molecule has 0 aliphatic carbocycles. The van der Waals surface area contributed by atoms with Gasteiger partial charge < -0.3 is 15.4 Å². The van der Waals surface area contributed by atoms with Gasteiger partial charge in [-0.3, -0.25) is 9.58 Å². The minimum Gasteiger partial charge on any atom is -0.379 e. The number of hydrogen-bond acceptors (Lipinski definition) is 5. The smallest absolute Gasteiger partial charge is 0.191 e. The monoisotopic (exact) mass is 532 g/mol. The largest absolute Gasteiger partial charge is 0.379 e. The molecular formula is C20H33IN6OS. The highest BCUT2D eigenvalue weighted by molar-refractivity contribution is 14.0. The van der Waals surface area contributed by atoms with Gasteiger partial charge in [0.15, 0.2) is 5.96 Å². The van der Waals surface area contributed by atoms with Crippen molar-refractivity contribution in [3.05, 3.63) is 39.3 Å². The lowest BCUT2D eigenvalue weighted by Crippen LogP contribution is -2.46. The average Bonchev–Trinajstić information content (AvgIpc) is 3.30. The molecule has 1 aliphatic rings. The van der Waals surface area contributed by atoms with Crippen LogP contribution < -0.4 is 10.6 Å². The molecule has 2 aromatic heterocycles. The normalized spacial score (nSPS) is 16.3. The van der Waals surface area contributed by atoms with Crippen molar-refractivity contribution in [3.8, 4) is 0 Å². The molecule has 2 N–H and O–H groups in total. The first-order valence-corrected chi connectivity index (χ1v) is 10.8. The van der Waals surface area contributed by atoms with Crippen LogP contribution in [-0.2, 0) is 18.3 Å². The van der Waals surface area contributed by atoms with E-state index in [1.165, 1.54) is 16.1 Å². The van der Waals surface area contributed by atoms with E-state index >= 15 is 0 Å². The van der Waals surface area contributed by atoms with Crippen molar-refractivity contribution in [1.29, 1.82) is 0 Å². The molecule has 3 heterocycles. The summed E-state index contributed by atoms with van der Waals surface area (Å²) in [7, 11) is 1.98. The van der Waals surface area contributed by atoms with E-state index in [2.05, 4.69) is 52.0 Å². The summed E-state index contributed by atoms with van der Waals surface area (Å²) in [6, 6.07) is 4.68. The summed E-state index contributed by atoms with van der Waals surface area (Å²) in [5.74, 6) is 0.847. The van der Waals surface area contributed by atoms with Crippen LogP contribution in [0.5, 0.6) is 0 Å². The number of hydrogen-bond donors (Lipinski definition) is 2. The number of aromatic nitrogens is 2. The highest BCUT2D eigenvalue weighted by atomic mass is 127. The zero-order chi connectivity index (χ0) is 19.9. The number of nitrogens with zero attached hydrogens (tertiary/aromatic N) is 4. The van der Waals surface area contributed by atoms with E-state index in [4.69, 9.17) is 9.73 Å². The van der Waals surface area contributed by atoms with Crippen LogP contribution in [0.3, 0.4) is 0 Å². The minimum absolute atomic E-state index is 0. The average molecular weight is 532 g/mol. The number of halogens is 1. The van der Waals surface area contributed by atoms with Gasteiger partial charge >= 0.3 is 0 Å². The van der Waals surface area contributed by atoms with Gasteiger partial charge in [0.05, 0.1) is 31.5 Å². The maximum Gasteiger partial charge on any atom is 0.191 e. The maximum absolute atomic E-state index is 5.54. The van der Waals surface area contributed by atoms with E-state index in [0.717, 1.165) is 51.0 Å². The third-order valence-corrected chi connectivity index (χ3v) is 6.19. The third-order valence-electron chi connectivity index (χ3n) is 5.22. The van der Waals surface area contributed by atoms with E-state index in [1.54, 1.807) is 0 Å². The molecule has 0 spiro atoms. The van der Waals surface area contributed by atoms with Crippen LogP contribution in [0.15, 0.2) is 22.5 Å². The second kappa shape index (κ2) is 11.9. The van der Waals surface area contributed by atoms with Crippen LogP contribution in [0.1, 0.15) is 34.8 Å². The Morgan fingerprint density at radius 2 is 2.07 bits per heavy atom. The fourth-order valence-electron chi connectivity index (χ4n) is 3.52. The van der Waals surface area contributed by atoms with Crippen LogP contribution in [0.25, 0.3) is 0 Å². The molecule has 0 saturated carbocycles. The van der Waals surface area contributed by atoms with Gasteiger partial charge in [-0.1, -0.05) is 6.07 Å². The summed E-state index contributed by atoms with van der Waals surface area (Å²) >= 11 is 1.81. The Kier molecular flexibility index (Phi) is 9.87. The Hall–Kier alpha value is -1.17. The highest BCUT2D eigenvalue weighted by Gasteiger charge is 2.23. The van der Waals surface area contributed by atoms with E-state index in [9.17, 15) is 0 Å². The lowest BCUT2D eigenvalue weighted by Gasteiger charge is -2.34. The molecule has 1 saturated heterocycles. The summed E-state index contributed by atoms with van der Waals surface area (Å²) in [5, 5.41) is 13.6. The van der Waals surface area contributed by atoms with Crippen molar-refractivity contribution in [2.45, 2.75) is 33.4 Å². The van der Waals surface area contributed by atoms with Crippen LogP contribution in [0, 0.1) is 13.8 Å². The predicted molar refractivity (Wildman–Crippen MR) is 130 cm³/mol. The van der Waals surface area contributed by atoms with Gasteiger partial charge in [-0.25, -0.2) is 4.99 Å². The topological polar surface area (TPSA) is 66.7 Å². The molecule has 0 radical (unpaired) electrons. The molecule has 7 nitrogen and oxygen atoms in total. The molecule has 0 amide bonds. The molecular weight excluding hydrogens is 499 g/mol. The van der Waals surface area contributed by atoms with Gasteiger partial charge in [-0.05, 0) is 32.2 Å². The summed E-state index contributed by atoms with van der Waals surface area (Å²) in [6.07, 6.45) is 0. The van der Waals surface area contributed by atoms with Gasteiger partial charge in [-0.2, -0.15) is 5.10 Å². The van der Waals surface area contributed by atoms with Gasteiger partial charge in [0.1, 0.15) is 0 Å². The molecule has 9 heteroatoms. The summed E-state index contributed by atoms with van der Waals surface area (Å²) < 4.78 is 7.46. The number of ether oxygens (including phenoxy) is 1. The number of nitrogens with one attached hydrogen (secondary N) is 2. The summed E-state index contributed by atoms with van der Waals surface area (Å²) in [6.45, 7) is 12.0. The van der Waals surface area contributed by atoms with Crippen molar-refractivity contribution in [2.75, 3.05) is 39.4 Å². The molecule has 2 aromatic rings. The van der Waals surface area contributed by atoms with Gasteiger partial charge in [0.25, 0.3) is 0 Å². The molecule has 0 bridgehead atoms. The van der Waals surface area contributed by atoms with Gasteiger partial charge in [0, 0.05) is 49.4 Å². The first-order chi connectivity index (χ1) is 13.6. The fraction of sp³-hybridized carbons (Fsp3) is 0.600. The Balaban J connectivity index is 0.00000300. The second-order valence-electron chi connectivity index (χ2n) is 7.03. The van der Waals surface area contributed by atoms with E-state index in [0.29, 0.717) is 12.6 Å².